The van der Waals surface area contributed by atoms with Crippen LogP contribution in [0.5, 0.6) is 0 Å². The molecule has 1 aliphatic rings. The fourth-order valence-electron chi connectivity index (χ4n) is 1.59. The average Bonchev–Trinajstić information content (AvgIpc) is 2.30. The standard InChI is InChI=1S/C7H16N2O3/c1-4-3-5(9(2)12)8-6(4)7(10)11/h4-8,10-12H,3H2,1-2H3/t4-,5-,6-/m1/s1. The molecule has 5 heteroatoms. The van der Waals surface area contributed by atoms with Crippen molar-refractivity contribution >= 4 is 0 Å². The van der Waals surface area contributed by atoms with E-state index in [2.05, 4.69) is 5.32 Å². The Morgan fingerprint density at radius 2 is 2.08 bits per heavy atom. The summed E-state index contributed by atoms with van der Waals surface area (Å²) in [5.74, 6) is 0.157. The largest absolute Gasteiger partial charge is 0.367 e. The lowest BCUT2D eigenvalue weighted by molar-refractivity contribution is -0.115. The monoisotopic (exact) mass is 176 g/mol. The van der Waals surface area contributed by atoms with Gasteiger partial charge in [-0.05, 0) is 12.3 Å². The van der Waals surface area contributed by atoms with E-state index < -0.39 is 6.29 Å². The Hall–Kier alpha value is -0.200. The van der Waals surface area contributed by atoms with Crippen LogP contribution >= 0.6 is 0 Å². The lowest BCUT2D eigenvalue weighted by Crippen LogP contribution is -2.45. The van der Waals surface area contributed by atoms with Gasteiger partial charge >= 0.3 is 0 Å². The maximum Gasteiger partial charge on any atom is 0.167 e. The molecule has 5 nitrogen and oxygen atoms in total. The molecule has 0 aromatic rings. The molecule has 1 aliphatic heterocycles. The third-order valence-corrected chi connectivity index (χ3v) is 2.37. The van der Waals surface area contributed by atoms with E-state index in [1.807, 2.05) is 6.92 Å². The van der Waals surface area contributed by atoms with Crippen molar-refractivity contribution in [1.82, 2.24) is 10.4 Å². The molecule has 1 saturated heterocycles. The van der Waals surface area contributed by atoms with Gasteiger partial charge in [0.2, 0.25) is 0 Å². The van der Waals surface area contributed by atoms with Crippen molar-refractivity contribution in [3.05, 3.63) is 0 Å². The van der Waals surface area contributed by atoms with E-state index in [0.717, 1.165) is 11.5 Å². The van der Waals surface area contributed by atoms with Gasteiger partial charge in [-0.2, -0.15) is 5.06 Å². The van der Waals surface area contributed by atoms with Gasteiger partial charge in [-0.25, -0.2) is 0 Å². The molecule has 1 fully saturated rings. The number of hydrogen-bond donors (Lipinski definition) is 4. The molecule has 0 radical (unpaired) electrons. The Morgan fingerprint density at radius 3 is 2.33 bits per heavy atom. The summed E-state index contributed by atoms with van der Waals surface area (Å²) in [6.45, 7) is 1.92. The van der Waals surface area contributed by atoms with Gasteiger partial charge in [0.05, 0.1) is 12.2 Å². The van der Waals surface area contributed by atoms with Crippen LogP contribution in [0.15, 0.2) is 0 Å². The lowest BCUT2D eigenvalue weighted by Gasteiger charge is -2.20. The van der Waals surface area contributed by atoms with Gasteiger partial charge in [0, 0.05) is 7.05 Å². The van der Waals surface area contributed by atoms with Gasteiger partial charge in [0.15, 0.2) is 6.29 Å². The molecule has 72 valence electrons. The number of rotatable bonds is 2. The number of hydroxylamine groups is 2. The highest BCUT2D eigenvalue weighted by atomic mass is 16.5. The summed E-state index contributed by atoms with van der Waals surface area (Å²) < 4.78 is 0. The minimum absolute atomic E-state index is 0.157. The molecule has 0 amide bonds. The van der Waals surface area contributed by atoms with Gasteiger partial charge in [-0.15, -0.1) is 0 Å². The predicted octanol–water partition coefficient (Wildman–Crippen LogP) is -1.06. The van der Waals surface area contributed by atoms with Crippen molar-refractivity contribution in [2.24, 2.45) is 5.92 Å². The van der Waals surface area contributed by atoms with Crippen LogP contribution in [0.2, 0.25) is 0 Å². The third-order valence-electron chi connectivity index (χ3n) is 2.37. The first-order chi connectivity index (χ1) is 5.52. The zero-order valence-corrected chi connectivity index (χ0v) is 7.31. The number of hydrogen-bond acceptors (Lipinski definition) is 5. The Bertz CT molecular complexity index is 152. The number of aliphatic hydroxyl groups excluding tert-OH is 1. The summed E-state index contributed by atoms with van der Waals surface area (Å²) in [6, 6.07) is -0.343. The molecule has 0 aromatic heterocycles. The first-order valence-electron chi connectivity index (χ1n) is 4.06. The zero-order chi connectivity index (χ0) is 9.30. The fourth-order valence-corrected chi connectivity index (χ4v) is 1.59. The van der Waals surface area contributed by atoms with Crippen LogP contribution in [-0.2, 0) is 0 Å². The normalized spacial score (nSPS) is 36.8. The summed E-state index contributed by atoms with van der Waals surface area (Å²) in [4.78, 5) is 0. The van der Waals surface area contributed by atoms with E-state index in [1.165, 1.54) is 7.05 Å². The number of nitrogens with zero attached hydrogens (tertiary/aromatic N) is 1. The summed E-state index contributed by atoms with van der Waals surface area (Å²) in [5, 5.41) is 30.9. The highest BCUT2D eigenvalue weighted by molar-refractivity contribution is 4.87. The van der Waals surface area contributed by atoms with Crippen LogP contribution in [0.3, 0.4) is 0 Å². The Labute approximate surface area is 71.6 Å². The Kier molecular flexibility index (Phi) is 3.03. The molecule has 1 rings (SSSR count). The van der Waals surface area contributed by atoms with Crippen LogP contribution in [-0.4, -0.2) is 46.0 Å². The summed E-state index contributed by atoms with van der Waals surface area (Å²) >= 11 is 0. The zero-order valence-electron chi connectivity index (χ0n) is 7.31. The second-order valence-corrected chi connectivity index (χ2v) is 3.41. The quantitative estimate of drug-likeness (QED) is 0.319. The van der Waals surface area contributed by atoms with Crippen molar-refractivity contribution in [3.63, 3.8) is 0 Å². The van der Waals surface area contributed by atoms with Gasteiger partial charge in [0.25, 0.3) is 0 Å². The molecule has 3 atom stereocenters. The van der Waals surface area contributed by atoms with E-state index in [4.69, 9.17) is 15.4 Å². The summed E-state index contributed by atoms with van der Waals surface area (Å²) in [5.41, 5.74) is 0. The highest BCUT2D eigenvalue weighted by Crippen LogP contribution is 2.22. The average molecular weight is 176 g/mol. The number of nitrogens with one attached hydrogen (secondary N) is 1. The van der Waals surface area contributed by atoms with Crippen molar-refractivity contribution in [1.29, 1.82) is 0 Å². The van der Waals surface area contributed by atoms with Crippen molar-refractivity contribution < 1.29 is 15.4 Å². The van der Waals surface area contributed by atoms with Crippen molar-refractivity contribution in [2.45, 2.75) is 31.8 Å². The van der Waals surface area contributed by atoms with E-state index >= 15 is 0 Å². The smallest absolute Gasteiger partial charge is 0.167 e. The first kappa shape index (κ1) is 9.88. The molecule has 1 heterocycles. The fraction of sp³-hybridized carbons (Fsp3) is 1.00. The maximum absolute atomic E-state index is 9.08. The summed E-state index contributed by atoms with van der Waals surface area (Å²) in [6.07, 6.45) is -0.813. The second kappa shape index (κ2) is 3.68. The Morgan fingerprint density at radius 1 is 1.50 bits per heavy atom. The molecule has 0 unspecified atom stereocenters. The second-order valence-electron chi connectivity index (χ2n) is 3.41. The van der Waals surface area contributed by atoms with Crippen molar-refractivity contribution in [2.75, 3.05) is 7.05 Å². The van der Waals surface area contributed by atoms with Gasteiger partial charge in [-0.3, -0.25) is 5.32 Å². The van der Waals surface area contributed by atoms with Crippen LogP contribution in [0, 0.1) is 5.92 Å². The highest BCUT2D eigenvalue weighted by Gasteiger charge is 2.35. The third kappa shape index (κ3) is 1.94. The summed E-state index contributed by atoms with van der Waals surface area (Å²) in [7, 11) is 1.54. The first-order valence-corrected chi connectivity index (χ1v) is 4.06. The predicted molar refractivity (Wildman–Crippen MR) is 42.3 cm³/mol. The van der Waals surface area contributed by atoms with E-state index in [-0.39, 0.29) is 18.1 Å². The van der Waals surface area contributed by atoms with Crippen LogP contribution in [0.1, 0.15) is 13.3 Å². The Balaban J connectivity index is 2.50. The van der Waals surface area contributed by atoms with E-state index in [1.54, 1.807) is 0 Å². The molecular weight excluding hydrogens is 160 g/mol. The molecule has 0 bridgehead atoms. The number of aliphatic hydroxyl groups is 2. The van der Waals surface area contributed by atoms with Gasteiger partial charge < -0.3 is 15.4 Å². The minimum atomic E-state index is -1.36. The minimum Gasteiger partial charge on any atom is -0.367 e. The molecule has 0 aliphatic carbocycles. The van der Waals surface area contributed by atoms with Crippen LogP contribution in [0.4, 0.5) is 0 Å². The topological polar surface area (TPSA) is 76.0 Å². The van der Waals surface area contributed by atoms with E-state index in [0.29, 0.717) is 0 Å². The van der Waals surface area contributed by atoms with Gasteiger partial charge in [0.1, 0.15) is 0 Å². The van der Waals surface area contributed by atoms with Crippen LogP contribution in [0.25, 0.3) is 0 Å². The molecule has 0 saturated carbocycles. The molecule has 0 spiro atoms. The van der Waals surface area contributed by atoms with Crippen molar-refractivity contribution in [3.8, 4) is 0 Å². The molecule has 12 heavy (non-hydrogen) atoms. The molecule has 0 aromatic carbocycles. The van der Waals surface area contributed by atoms with Gasteiger partial charge in [-0.1, -0.05) is 6.92 Å². The molecule has 4 N–H and O–H groups in total. The lowest BCUT2D eigenvalue weighted by atomic mass is 10.0. The maximum atomic E-state index is 9.08. The molecular formula is C7H16N2O3. The van der Waals surface area contributed by atoms with E-state index in [9.17, 15) is 0 Å². The SMILES string of the molecule is C[C@@H]1C[C@@H](N(C)O)N[C@H]1C(O)O. The van der Waals surface area contributed by atoms with Crippen LogP contribution < -0.4 is 5.32 Å².